The van der Waals surface area contributed by atoms with Crippen LogP contribution in [0.3, 0.4) is 0 Å². The summed E-state index contributed by atoms with van der Waals surface area (Å²) >= 11 is 0. The predicted octanol–water partition coefficient (Wildman–Crippen LogP) is 9.88. The van der Waals surface area contributed by atoms with Gasteiger partial charge in [-0.1, -0.05) is 84.9 Å². The van der Waals surface area contributed by atoms with E-state index in [1.165, 1.54) is 48.6 Å². The zero-order valence-corrected chi connectivity index (χ0v) is 28.1. The molecule has 0 atom stereocenters. The Morgan fingerprint density at radius 2 is 0.906 bits per heavy atom. The highest BCUT2D eigenvalue weighted by Crippen LogP contribution is 2.44. The number of nitrogens with zero attached hydrogens (tertiary/aromatic N) is 3. The molecule has 7 aromatic carbocycles. The number of furan rings is 2. The molecule has 0 fully saturated rings. The number of hydrogen-bond acceptors (Lipinski definition) is 3. The van der Waals surface area contributed by atoms with Crippen molar-refractivity contribution in [3.8, 4) is 22.5 Å². The maximum absolute atomic E-state index is 7.17. The van der Waals surface area contributed by atoms with Crippen LogP contribution in [0, 0.1) is 0 Å². The van der Waals surface area contributed by atoms with Crippen molar-refractivity contribution in [3.05, 3.63) is 146 Å². The van der Waals surface area contributed by atoms with Crippen molar-refractivity contribution in [1.29, 1.82) is 0 Å². The predicted molar refractivity (Wildman–Crippen MR) is 218 cm³/mol. The molecule has 0 spiro atoms. The highest BCUT2D eigenvalue weighted by atomic mass is 16.3. The molecule has 12 aromatic rings. The topological polar surface area (TPSA) is 49.0 Å². The largest absolute Gasteiger partial charge is 0.468 e. The van der Waals surface area contributed by atoms with Gasteiger partial charge in [-0.3, -0.25) is 4.98 Å². The normalized spacial score (nSPS) is 13.2. The summed E-state index contributed by atoms with van der Waals surface area (Å²) in [6, 6.07) is 48.7. The van der Waals surface area contributed by atoms with E-state index in [4.69, 9.17) is 8.83 Å². The first kappa shape index (κ1) is 26.7. The fourth-order valence-electron chi connectivity index (χ4n) is 10.2. The van der Waals surface area contributed by atoms with Crippen LogP contribution in [0.2, 0.25) is 0 Å². The third-order valence-corrected chi connectivity index (χ3v) is 12.2. The van der Waals surface area contributed by atoms with Gasteiger partial charge in [0.05, 0.1) is 32.8 Å². The van der Waals surface area contributed by atoms with E-state index in [1.54, 1.807) is 0 Å². The average molecular weight is 674 g/mol. The molecule has 0 saturated heterocycles. The number of benzene rings is 7. The van der Waals surface area contributed by atoms with Crippen molar-refractivity contribution in [3.63, 3.8) is 0 Å². The molecule has 0 amide bonds. The van der Waals surface area contributed by atoms with Crippen LogP contribution in [0.15, 0.2) is 155 Å². The van der Waals surface area contributed by atoms with Gasteiger partial charge in [-0.25, -0.2) is 0 Å². The maximum atomic E-state index is 7.17. The number of hydrogen-bond donors (Lipinski definition) is 0. The lowest BCUT2D eigenvalue weighted by Crippen LogP contribution is -2.58. The monoisotopic (exact) mass is 673 g/mol. The molecule has 0 unspecified atom stereocenters. The van der Waals surface area contributed by atoms with Crippen LogP contribution in [-0.4, -0.2) is 20.8 Å². The van der Waals surface area contributed by atoms with Gasteiger partial charge >= 0.3 is 6.71 Å². The fraction of sp³-hybridized carbons (Fsp3) is 0. The molecular weight excluding hydrogens is 649 g/mol. The van der Waals surface area contributed by atoms with Gasteiger partial charge in [0.25, 0.3) is 0 Å². The molecular formula is C47H24BN3O2. The standard InChI is InChI=1S/C47H24BN3O2/c1-7-26-9-3-15-33-39(26)29(11-1)31-13-5-17-37-41(31)44-46(52-37)48-43-35(50(33)44)23-28(25-19-21-49-22-20-25)24-36(43)51-34-16-4-10-27-8-2-12-30(40(27)34)32-14-6-18-38-42(32)45(51)47(48)53-38/h1-24H. The lowest BCUT2D eigenvalue weighted by molar-refractivity contribution is 0.638. The lowest BCUT2D eigenvalue weighted by atomic mass is 9.38. The van der Waals surface area contributed by atoms with E-state index in [0.717, 1.165) is 77.8 Å². The van der Waals surface area contributed by atoms with Gasteiger partial charge < -0.3 is 18.0 Å². The summed E-state index contributed by atoms with van der Waals surface area (Å²) in [7, 11) is 0. The summed E-state index contributed by atoms with van der Waals surface area (Å²) in [6.07, 6.45) is 3.77. The minimum absolute atomic E-state index is 0.273. The summed E-state index contributed by atoms with van der Waals surface area (Å²) in [5.74, 6) is 0. The highest BCUT2D eigenvalue weighted by molar-refractivity contribution is 6.99. The Labute approximate surface area is 301 Å². The first-order valence-electron chi connectivity index (χ1n) is 18.2. The molecule has 2 aliphatic heterocycles. The Hall–Kier alpha value is -7.05. The Bertz CT molecular complexity index is 3410. The molecule has 2 aliphatic rings. The molecule has 0 radical (unpaired) electrons. The molecule has 0 saturated carbocycles. The van der Waals surface area contributed by atoms with E-state index in [0.29, 0.717) is 0 Å². The van der Waals surface area contributed by atoms with Crippen LogP contribution in [0.4, 0.5) is 0 Å². The van der Waals surface area contributed by atoms with Crippen molar-refractivity contribution in [1.82, 2.24) is 14.1 Å². The first-order valence-corrected chi connectivity index (χ1v) is 18.2. The van der Waals surface area contributed by atoms with Gasteiger partial charge in [0.15, 0.2) is 0 Å². The molecule has 0 aliphatic carbocycles. The van der Waals surface area contributed by atoms with Crippen LogP contribution in [-0.2, 0) is 0 Å². The molecule has 0 bridgehead atoms. The van der Waals surface area contributed by atoms with Gasteiger partial charge in [0.2, 0.25) is 0 Å². The lowest BCUT2D eigenvalue weighted by Gasteiger charge is -2.31. The number of aromatic nitrogens is 3. The second-order valence-corrected chi connectivity index (χ2v) is 14.6. The number of rotatable bonds is 1. The van der Waals surface area contributed by atoms with Crippen molar-refractivity contribution in [2.45, 2.75) is 0 Å². The summed E-state index contributed by atoms with van der Waals surface area (Å²) in [6.45, 7) is -0.273. The minimum atomic E-state index is -0.273. The van der Waals surface area contributed by atoms with E-state index >= 15 is 0 Å². The summed E-state index contributed by atoms with van der Waals surface area (Å²) in [4.78, 5) is 4.40. The molecule has 6 heteroatoms. The average Bonchev–Trinajstić information content (AvgIpc) is 3.72. The molecule has 5 aromatic heterocycles. The number of fused-ring (bicyclic) bond motifs is 8. The fourth-order valence-corrected chi connectivity index (χ4v) is 10.2. The quantitative estimate of drug-likeness (QED) is 0.163. The second kappa shape index (κ2) is 9.05. The molecule has 5 nitrogen and oxygen atoms in total. The summed E-state index contributed by atoms with van der Waals surface area (Å²) in [5, 5.41) is 12.0. The van der Waals surface area contributed by atoms with Crippen molar-refractivity contribution in [2.75, 3.05) is 0 Å². The zero-order chi connectivity index (χ0) is 34.1. The van der Waals surface area contributed by atoms with Gasteiger partial charge in [-0.2, -0.15) is 0 Å². The van der Waals surface area contributed by atoms with E-state index in [1.807, 2.05) is 12.4 Å². The van der Waals surface area contributed by atoms with Crippen LogP contribution in [0.5, 0.6) is 0 Å². The van der Waals surface area contributed by atoms with Crippen molar-refractivity contribution in [2.24, 2.45) is 0 Å². The van der Waals surface area contributed by atoms with Crippen LogP contribution < -0.4 is 16.8 Å². The summed E-state index contributed by atoms with van der Waals surface area (Å²) in [5.41, 5.74) is 13.8. The van der Waals surface area contributed by atoms with Crippen molar-refractivity contribution >= 4 is 111 Å². The van der Waals surface area contributed by atoms with E-state index < -0.39 is 0 Å². The number of pyridine rings is 1. The summed E-state index contributed by atoms with van der Waals surface area (Å²) < 4.78 is 19.3. The Morgan fingerprint density at radius 3 is 1.42 bits per heavy atom. The third-order valence-electron chi connectivity index (χ3n) is 12.2. The third kappa shape index (κ3) is 3.05. The van der Waals surface area contributed by atoms with Gasteiger partial charge in [0, 0.05) is 34.5 Å². The molecule has 14 rings (SSSR count). The minimum Gasteiger partial charge on any atom is -0.468 e. The van der Waals surface area contributed by atoms with Crippen molar-refractivity contribution < 1.29 is 8.83 Å². The SMILES string of the molecule is c1cc2cccc3c2c(c1)c1cccc2oc4c(c21)n3-c1cc(-c2ccncc2)cc2c1B4c1oc3cccc4c5cccc6cccc(c65)n-2c1c34. The molecule has 53 heavy (non-hydrogen) atoms. The molecule has 7 heterocycles. The van der Waals surface area contributed by atoms with Gasteiger partial charge in [-0.05, 0) is 97.4 Å². The Kier molecular flexibility index (Phi) is 4.56. The van der Waals surface area contributed by atoms with Crippen LogP contribution >= 0.6 is 0 Å². The van der Waals surface area contributed by atoms with E-state index in [9.17, 15) is 0 Å². The Balaban J connectivity index is 1.31. The highest BCUT2D eigenvalue weighted by Gasteiger charge is 2.46. The van der Waals surface area contributed by atoms with Crippen LogP contribution in [0.25, 0.3) is 110 Å². The molecule has 0 N–H and O–H groups in total. The Morgan fingerprint density at radius 1 is 0.453 bits per heavy atom. The molecule has 242 valence electrons. The van der Waals surface area contributed by atoms with Gasteiger partial charge in [0.1, 0.15) is 22.5 Å². The van der Waals surface area contributed by atoms with Gasteiger partial charge in [-0.15, -0.1) is 0 Å². The first-order chi connectivity index (χ1) is 26.3. The maximum Gasteiger partial charge on any atom is 0.342 e. The van der Waals surface area contributed by atoms with E-state index in [2.05, 4.69) is 148 Å². The smallest absolute Gasteiger partial charge is 0.342 e. The zero-order valence-electron chi connectivity index (χ0n) is 28.1. The second-order valence-electron chi connectivity index (χ2n) is 14.6. The van der Waals surface area contributed by atoms with E-state index in [-0.39, 0.29) is 6.71 Å². The van der Waals surface area contributed by atoms with Crippen LogP contribution in [0.1, 0.15) is 0 Å².